The Bertz CT molecular complexity index is 992. The molecule has 0 aliphatic rings. The third-order valence-corrected chi connectivity index (χ3v) is 4.49. The van der Waals surface area contributed by atoms with E-state index in [1.165, 1.54) is 11.8 Å². The molecule has 3 aromatic heterocycles. The second kappa shape index (κ2) is 6.48. The molecule has 0 N–H and O–H groups in total. The van der Waals surface area contributed by atoms with Crippen molar-refractivity contribution in [3.05, 3.63) is 42.0 Å². The Kier molecular flexibility index (Phi) is 4.02. The Hall–Kier alpha value is -3.01. The Labute approximate surface area is 146 Å². The Morgan fingerprint density at radius 1 is 1.12 bits per heavy atom. The van der Waals surface area contributed by atoms with Gasteiger partial charge in [-0.1, -0.05) is 47.3 Å². The zero-order valence-corrected chi connectivity index (χ0v) is 14.3. The average molecular weight is 355 g/mol. The molecule has 126 valence electrons. The van der Waals surface area contributed by atoms with Gasteiger partial charge in [0.25, 0.3) is 5.89 Å². The smallest absolute Gasteiger partial charge is 0.253 e. The van der Waals surface area contributed by atoms with Crippen molar-refractivity contribution in [1.82, 2.24) is 35.6 Å². The van der Waals surface area contributed by atoms with Gasteiger partial charge in [0.2, 0.25) is 11.0 Å². The van der Waals surface area contributed by atoms with Crippen molar-refractivity contribution in [2.75, 3.05) is 0 Å². The van der Waals surface area contributed by atoms with E-state index in [4.69, 9.17) is 8.94 Å². The number of rotatable bonds is 5. The summed E-state index contributed by atoms with van der Waals surface area (Å²) in [5, 5.41) is 24.3. The zero-order chi connectivity index (χ0) is 17.2. The van der Waals surface area contributed by atoms with Crippen molar-refractivity contribution in [3.63, 3.8) is 0 Å². The highest BCUT2D eigenvalue weighted by Crippen LogP contribution is 2.33. The van der Waals surface area contributed by atoms with Crippen molar-refractivity contribution in [2.45, 2.75) is 17.8 Å². The molecule has 3 heterocycles. The number of benzene rings is 1. The van der Waals surface area contributed by atoms with Gasteiger partial charge >= 0.3 is 0 Å². The molecule has 0 aliphatic carbocycles. The van der Waals surface area contributed by atoms with Gasteiger partial charge in [0.1, 0.15) is 17.0 Å². The first-order valence-corrected chi connectivity index (χ1v) is 8.40. The highest BCUT2D eigenvalue weighted by atomic mass is 32.2. The molecule has 4 aromatic rings. The first-order valence-electron chi connectivity index (χ1n) is 7.42. The van der Waals surface area contributed by atoms with Crippen LogP contribution >= 0.6 is 11.8 Å². The van der Waals surface area contributed by atoms with Crippen molar-refractivity contribution < 1.29 is 8.94 Å². The van der Waals surface area contributed by atoms with Crippen LogP contribution in [0.2, 0.25) is 0 Å². The third kappa shape index (κ3) is 3.03. The molecule has 25 heavy (non-hydrogen) atoms. The van der Waals surface area contributed by atoms with Crippen molar-refractivity contribution in [3.8, 4) is 22.7 Å². The van der Waals surface area contributed by atoms with Gasteiger partial charge < -0.3 is 8.94 Å². The molecule has 0 spiro atoms. The second-order valence-electron chi connectivity index (χ2n) is 5.20. The molecule has 9 nitrogen and oxygen atoms in total. The highest BCUT2D eigenvalue weighted by molar-refractivity contribution is 7.98. The van der Waals surface area contributed by atoms with E-state index in [1.54, 1.807) is 11.7 Å². The SMILES string of the molecule is Cc1onc(-c2ccccc2)c1-c1nnc(CSc2nnnn2C)o1. The standard InChI is InChI=1S/C15H13N7O2S/c1-9-12(13(19-24-9)10-6-4-3-5-7-10)14-17-16-11(23-14)8-25-15-18-20-21-22(15)2/h3-7H,8H2,1-2H3. The first kappa shape index (κ1) is 15.5. The molecule has 4 rings (SSSR count). The number of hydrogen-bond acceptors (Lipinski definition) is 9. The minimum Gasteiger partial charge on any atom is -0.420 e. The molecule has 0 unspecified atom stereocenters. The molecule has 1 aromatic carbocycles. The molecule has 10 heteroatoms. The van der Waals surface area contributed by atoms with Gasteiger partial charge in [-0.15, -0.1) is 15.3 Å². The third-order valence-electron chi connectivity index (χ3n) is 3.50. The van der Waals surface area contributed by atoms with E-state index in [0.717, 1.165) is 5.56 Å². The van der Waals surface area contributed by atoms with Gasteiger partial charge in [-0.2, -0.15) is 0 Å². The topological polar surface area (TPSA) is 109 Å². The monoisotopic (exact) mass is 355 g/mol. The van der Waals surface area contributed by atoms with Crippen LogP contribution in [0.5, 0.6) is 0 Å². The van der Waals surface area contributed by atoms with Crippen LogP contribution in [-0.2, 0) is 12.8 Å². The number of aromatic nitrogens is 7. The molecular formula is C15H13N7O2S. The van der Waals surface area contributed by atoms with Crippen LogP contribution in [0.4, 0.5) is 0 Å². The van der Waals surface area contributed by atoms with Crippen molar-refractivity contribution in [2.24, 2.45) is 7.05 Å². The summed E-state index contributed by atoms with van der Waals surface area (Å²) in [6, 6.07) is 9.73. The van der Waals surface area contributed by atoms with Gasteiger partial charge in [0, 0.05) is 12.6 Å². The maximum Gasteiger partial charge on any atom is 0.253 e. The number of hydrogen-bond donors (Lipinski definition) is 0. The van der Waals surface area contributed by atoms with Gasteiger partial charge in [-0.05, 0) is 17.4 Å². The van der Waals surface area contributed by atoms with E-state index in [9.17, 15) is 0 Å². The van der Waals surface area contributed by atoms with Crippen LogP contribution in [0.25, 0.3) is 22.7 Å². The van der Waals surface area contributed by atoms with E-state index < -0.39 is 0 Å². The summed E-state index contributed by atoms with van der Waals surface area (Å²) < 4.78 is 12.7. The lowest BCUT2D eigenvalue weighted by molar-refractivity contribution is 0.399. The number of thioether (sulfide) groups is 1. The van der Waals surface area contributed by atoms with Crippen LogP contribution < -0.4 is 0 Å². The molecule has 0 bridgehead atoms. The van der Waals surface area contributed by atoms with E-state index in [1.807, 2.05) is 37.3 Å². The van der Waals surface area contributed by atoms with Crippen LogP contribution in [-0.4, -0.2) is 35.6 Å². The Balaban J connectivity index is 1.60. The van der Waals surface area contributed by atoms with Crippen LogP contribution in [0.3, 0.4) is 0 Å². The van der Waals surface area contributed by atoms with Gasteiger partial charge in [0.05, 0.1) is 5.75 Å². The predicted octanol–water partition coefficient (Wildman–Crippen LogP) is 2.52. The number of nitrogens with zero attached hydrogens (tertiary/aromatic N) is 7. The normalized spacial score (nSPS) is 11.1. The summed E-state index contributed by atoms with van der Waals surface area (Å²) in [7, 11) is 1.77. The summed E-state index contributed by atoms with van der Waals surface area (Å²) in [5.41, 5.74) is 2.31. The van der Waals surface area contributed by atoms with Gasteiger partial charge in [0.15, 0.2) is 0 Å². The van der Waals surface area contributed by atoms with Crippen molar-refractivity contribution >= 4 is 11.8 Å². The number of tetrazole rings is 1. The van der Waals surface area contributed by atoms with Crippen LogP contribution in [0, 0.1) is 6.92 Å². The summed E-state index contributed by atoms with van der Waals surface area (Å²) >= 11 is 1.41. The highest BCUT2D eigenvalue weighted by Gasteiger charge is 2.22. The minimum absolute atomic E-state index is 0.379. The van der Waals surface area contributed by atoms with Crippen LogP contribution in [0.15, 0.2) is 44.4 Å². The predicted molar refractivity (Wildman–Crippen MR) is 88.3 cm³/mol. The summed E-state index contributed by atoms with van der Waals surface area (Å²) in [5.74, 6) is 1.94. The van der Waals surface area contributed by atoms with Gasteiger partial charge in [-0.3, -0.25) is 0 Å². The summed E-state index contributed by atoms with van der Waals surface area (Å²) in [6.45, 7) is 1.82. The van der Waals surface area contributed by atoms with E-state index >= 15 is 0 Å². The molecule has 0 fully saturated rings. The molecule has 0 saturated carbocycles. The lowest BCUT2D eigenvalue weighted by Crippen LogP contribution is -1.93. The average Bonchev–Trinajstić information content (AvgIpc) is 3.34. The molecule has 0 atom stereocenters. The molecule has 0 radical (unpaired) electrons. The van der Waals surface area contributed by atoms with Crippen molar-refractivity contribution in [1.29, 1.82) is 0 Å². The Morgan fingerprint density at radius 2 is 1.96 bits per heavy atom. The van der Waals surface area contributed by atoms with E-state index in [2.05, 4.69) is 30.9 Å². The lowest BCUT2D eigenvalue weighted by atomic mass is 10.1. The zero-order valence-electron chi connectivity index (χ0n) is 13.4. The molecule has 0 aliphatic heterocycles. The fourth-order valence-corrected chi connectivity index (χ4v) is 2.99. The quantitative estimate of drug-likeness (QED) is 0.499. The molecule has 0 saturated heterocycles. The number of aryl methyl sites for hydroxylation is 2. The van der Waals surface area contributed by atoms with E-state index in [-0.39, 0.29) is 0 Å². The second-order valence-corrected chi connectivity index (χ2v) is 6.15. The van der Waals surface area contributed by atoms with E-state index in [0.29, 0.717) is 39.7 Å². The van der Waals surface area contributed by atoms with Gasteiger partial charge in [-0.25, -0.2) is 4.68 Å². The first-order chi connectivity index (χ1) is 12.2. The maximum atomic E-state index is 5.79. The lowest BCUT2D eigenvalue weighted by Gasteiger charge is -1.98. The maximum absolute atomic E-state index is 5.79. The molecule has 0 amide bonds. The largest absolute Gasteiger partial charge is 0.420 e. The minimum atomic E-state index is 0.379. The van der Waals surface area contributed by atoms with Crippen LogP contribution in [0.1, 0.15) is 11.7 Å². The molecular weight excluding hydrogens is 342 g/mol. The Morgan fingerprint density at radius 3 is 2.72 bits per heavy atom. The summed E-state index contributed by atoms with van der Waals surface area (Å²) in [6.07, 6.45) is 0. The fraction of sp³-hybridized carbons (Fsp3) is 0.200. The summed E-state index contributed by atoms with van der Waals surface area (Å²) in [4.78, 5) is 0. The fourth-order valence-electron chi connectivity index (χ4n) is 2.30.